The monoisotopic (exact) mass is 243 g/mol. The van der Waals surface area contributed by atoms with Crippen molar-refractivity contribution < 1.29 is 14.6 Å². The fourth-order valence-corrected chi connectivity index (χ4v) is 1.21. The van der Waals surface area contributed by atoms with E-state index >= 15 is 0 Å². The smallest absolute Gasteiger partial charge is 0.407 e. The van der Waals surface area contributed by atoms with Crippen molar-refractivity contribution in [2.75, 3.05) is 6.54 Å². The quantitative estimate of drug-likeness (QED) is 0.705. The number of aliphatic hydroxyl groups is 1. The summed E-state index contributed by atoms with van der Waals surface area (Å²) in [7, 11) is 0. The molecule has 0 aliphatic heterocycles. The van der Waals surface area contributed by atoms with Gasteiger partial charge in [0.05, 0.1) is 12.6 Å². The van der Waals surface area contributed by atoms with Crippen LogP contribution >= 0.6 is 0 Å². The Hall–Kier alpha value is -1.03. The number of carbonyl (C=O) groups is 1. The van der Waals surface area contributed by atoms with Gasteiger partial charge in [0.1, 0.15) is 5.60 Å². The first-order valence-corrected chi connectivity index (χ1v) is 6.09. The molecular weight excluding hydrogens is 218 g/mol. The molecule has 0 aliphatic rings. The molecule has 0 saturated carbocycles. The maximum atomic E-state index is 11.3. The summed E-state index contributed by atoms with van der Waals surface area (Å²) < 4.78 is 5.06. The molecule has 0 rings (SSSR count). The third-order valence-electron chi connectivity index (χ3n) is 2.16. The first kappa shape index (κ1) is 16.0. The molecule has 4 heteroatoms. The average molecular weight is 243 g/mol. The predicted octanol–water partition coefficient (Wildman–Crippen LogP) is 2.62. The number of amides is 1. The number of hydrogen-bond donors (Lipinski definition) is 2. The Morgan fingerprint density at radius 1 is 1.47 bits per heavy atom. The first-order valence-electron chi connectivity index (χ1n) is 6.09. The van der Waals surface area contributed by atoms with Crippen molar-refractivity contribution in [3.05, 3.63) is 12.2 Å². The molecule has 0 radical (unpaired) electrons. The largest absolute Gasteiger partial charge is 0.444 e. The Bertz CT molecular complexity index is 256. The molecule has 0 heterocycles. The molecule has 4 nitrogen and oxygen atoms in total. The van der Waals surface area contributed by atoms with Crippen LogP contribution in [0, 0.1) is 0 Å². The van der Waals surface area contributed by atoms with E-state index in [1.54, 1.807) is 20.8 Å². The Morgan fingerprint density at radius 2 is 2.06 bits per heavy atom. The lowest BCUT2D eigenvalue weighted by Gasteiger charge is -2.21. The molecule has 0 aromatic carbocycles. The minimum Gasteiger partial charge on any atom is -0.444 e. The number of unbranched alkanes of at least 4 members (excludes halogenated alkanes) is 1. The van der Waals surface area contributed by atoms with Crippen molar-refractivity contribution in [1.29, 1.82) is 0 Å². The van der Waals surface area contributed by atoms with Gasteiger partial charge in [0, 0.05) is 0 Å². The molecule has 0 unspecified atom stereocenters. The molecule has 0 bridgehead atoms. The van der Waals surface area contributed by atoms with Crippen molar-refractivity contribution in [3.8, 4) is 0 Å². The molecule has 0 saturated heterocycles. The highest BCUT2D eigenvalue weighted by molar-refractivity contribution is 5.67. The lowest BCUT2D eigenvalue weighted by atomic mass is 10.1. The van der Waals surface area contributed by atoms with Crippen molar-refractivity contribution in [2.24, 2.45) is 0 Å². The topological polar surface area (TPSA) is 58.6 Å². The highest BCUT2D eigenvalue weighted by Gasteiger charge is 2.17. The molecule has 0 spiro atoms. The SMILES string of the molecule is C=C(CCCC)[C@@H](O)CNC(=O)OC(C)(C)C. The number of alkyl carbamates (subject to hydrolysis) is 1. The average Bonchev–Trinajstić information content (AvgIpc) is 2.20. The fraction of sp³-hybridized carbons (Fsp3) is 0.769. The third kappa shape index (κ3) is 8.74. The number of carbonyl (C=O) groups excluding carboxylic acids is 1. The Balaban J connectivity index is 3.87. The summed E-state index contributed by atoms with van der Waals surface area (Å²) in [5.41, 5.74) is 0.233. The Labute approximate surface area is 104 Å². The van der Waals surface area contributed by atoms with E-state index in [4.69, 9.17) is 4.74 Å². The molecule has 17 heavy (non-hydrogen) atoms. The van der Waals surface area contributed by atoms with E-state index in [0.29, 0.717) is 0 Å². The maximum absolute atomic E-state index is 11.3. The highest BCUT2D eigenvalue weighted by atomic mass is 16.6. The molecule has 0 aromatic heterocycles. The predicted molar refractivity (Wildman–Crippen MR) is 68.9 cm³/mol. The molecule has 0 aliphatic carbocycles. The van der Waals surface area contributed by atoms with Crippen molar-refractivity contribution in [3.63, 3.8) is 0 Å². The molecular formula is C13H25NO3. The Kier molecular flexibility index (Phi) is 6.88. The van der Waals surface area contributed by atoms with Crippen LogP contribution in [0.2, 0.25) is 0 Å². The van der Waals surface area contributed by atoms with E-state index in [1.165, 1.54) is 0 Å². The van der Waals surface area contributed by atoms with Crippen LogP contribution in [0.1, 0.15) is 47.0 Å². The second kappa shape index (κ2) is 7.33. The lowest BCUT2D eigenvalue weighted by molar-refractivity contribution is 0.0502. The highest BCUT2D eigenvalue weighted by Crippen LogP contribution is 2.10. The zero-order chi connectivity index (χ0) is 13.5. The van der Waals surface area contributed by atoms with Gasteiger partial charge in [0.15, 0.2) is 0 Å². The van der Waals surface area contributed by atoms with Crippen LogP contribution in [-0.4, -0.2) is 29.4 Å². The first-order chi connectivity index (χ1) is 7.76. The number of ether oxygens (including phenoxy) is 1. The lowest BCUT2D eigenvalue weighted by Crippen LogP contribution is -2.37. The van der Waals surface area contributed by atoms with Gasteiger partial charge in [-0.1, -0.05) is 19.9 Å². The molecule has 2 N–H and O–H groups in total. The van der Waals surface area contributed by atoms with Gasteiger partial charge in [-0.3, -0.25) is 0 Å². The zero-order valence-electron chi connectivity index (χ0n) is 11.4. The van der Waals surface area contributed by atoms with Crippen LogP contribution in [0.15, 0.2) is 12.2 Å². The van der Waals surface area contributed by atoms with E-state index in [0.717, 1.165) is 24.8 Å². The van der Waals surface area contributed by atoms with Crippen molar-refractivity contribution in [1.82, 2.24) is 5.32 Å². The van der Waals surface area contributed by atoms with Crippen LogP contribution in [0.4, 0.5) is 4.79 Å². The van der Waals surface area contributed by atoms with Gasteiger partial charge in [-0.2, -0.15) is 0 Å². The number of nitrogens with one attached hydrogen (secondary N) is 1. The van der Waals surface area contributed by atoms with Crippen LogP contribution in [0.3, 0.4) is 0 Å². The van der Waals surface area contributed by atoms with E-state index in [2.05, 4.69) is 18.8 Å². The number of aliphatic hydroxyl groups excluding tert-OH is 1. The van der Waals surface area contributed by atoms with Crippen LogP contribution < -0.4 is 5.32 Å². The summed E-state index contributed by atoms with van der Waals surface area (Å²) in [6, 6.07) is 0. The van der Waals surface area contributed by atoms with Crippen LogP contribution in [0.5, 0.6) is 0 Å². The van der Waals surface area contributed by atoms with E-state index in [-0.39, 0.29) is 6.54 Å². The van der Waals surface area contributed by atoms with E-state index < -0.39 is 17.8 Å². The molecule has 0 fully saturated rings. The van der Waals surface area contributed by atoms with Crippen molar-refractivity contribution in [2.45, 2.75) is 58.7 Å². The standard InChI is InChI=1S/C13H25NO3/c1-6-7-8-10(2)11(15)9-14-12(16)17-13(3,4)5/h11,15H,2,6-9H2,1,3-5H3,(H,14,16)/t11-/m0/s1. The fourth-order valence-electron chi connectivity index (χ4n) is 1.21. The summed E-state index contributed by atoms with van der Waals surface area (Å²) in [6.45, 7) is 11.4. The molecule has 0 aromatic rings. The normalized spacial score (nSPS) is 13.0. The van der Waals surface area contributed by atoms with Crippen molar-refractivity contribution >= 4 is 6.09 Å². The zero-order valence-corrected chi connectivity index (χ0v) is 11.4. The van der Waals surface area contributed by atoms with Gasteiger partial charge in [0.2, 0.25) is 0 Å². The summed E-state index contributed by atoms with van der Waals surface area (Å²) in [5.74, 6) is 0. The van der Waals surface area contributed by atoms with Crippen LogP contribution in [0.25, 0.3) is 0 Å². The maximum Gasteiger partial charge on any atom is 0.407 e. The van der Waals surface area contributed by atoms with Crippen LogP contribution in [-0.2, 0) is 4.74 Å². The second-order valence-corrected chi connectivity index (χ2v) is 5.16. The second-order valence-electron chi connectivity index (χ2n) is 5.16. The number of rotatable bonds is 6. The Morgan fingerprint density at radius 3 is 2.53 bits per heavy atom. The van der Waals surface area contributed by atoms with Gasteiger partial charge in [-0.25, -0.2) is 4.79 Å². The summed E-state index contributed by atoms with van der Waals surface area (Å²) in [6.07, 6.45) is 1.63. The summed E-state index contributed by atoms with van der Waals surface area (Å²) in [5, 5.41) is 12.2. The summed E-state index contributed by atoms with van der Waals surface area (Å²) >= 11 is 0. The van der Waals surface area contributed by atoms with E-state index in [1.807, 2.05) is 0 Å². The van der Waals surface area contributed by atoms with Gasteiger partial charge in [0.25, 0.3) is 0 Å². The van der Waals surface area contributed by atoms with Gasteiger partial charge < -0.3 is 15.2 Å². The molecule has 1 atom stereocenters. The molecule has 100 valence electrons. The third-order valence-corrected chi connectivity index (χ3v) is 2.16. The minimum atomic E-state index is -0.700. The van der Waals surface area contributed by atoms with E-state index in [9.17, 15) is 9.90 Å². The van der Waals surface area contributed by atoms with Gasteiger partial charge >= 0.3 is 6.09 Å². The van der Waals surface area contributed by atoms with Gasteiger partial charge in [-0.05, 0) is 39.2 Å². The molecule has 1 amide bonds. The van der Waals surface area contributed by atoms with Gasteiger partial charge in [-0.15, -0.1) is 0 Å². The summed E-state index contributed by atoms with van der Waals surface area (Å²) in [4.78, 5) is 11.3. The minimum absolute atomic E-state index is 0.150. The number of hydrogen-bond acceptors (Lipinski definition) is 3.